The van der Waals surface area contributed by atoms with Crippen molar-refractivity contribution in [2.75, 3.05) is 19.9 Å². The molecule has 0 atom stereocenters. The van der Waals surface area contributed by atoms with Crippen LogP contribution in [0, 0.1) is 0 Å². The maximum atomic E-state index is 12.2. The summed E-state index contributed by atoms with van der Waals surface area (Å²) in [5.41, 5.74) is 2.34. The van der Waals surface area contributed by atoms with Crippen LogP contribution in [0.2, 0.25) is 0 Å². The molecule has 140 valence electrons. The van der Waals surface area contributed by atoms with Crippen molar-refractivity contribution >= 4 is 11.8 Å². The van der Waals surface area contributed by atoms with E-state index < -0.39 is 0 Å². The minimum atomic E-state index is -0.157. The molecule has 0 fully saturated rings. The highest BCUT2D eigenvalue weighted by molar-refractivity contribution is 5.83. The highest BCUT2D eigenvalue weighted by atomic mass is 16.7. The fourth-order valence-corrected chi connectivity index (χ4v) is 3.24. The highest BCUT2D eigenvalue weighted by Gasteiger charge is 2.16. The lowest BCUT2D eigenvalue weighted by atomic mass is 9.97. The Morgan fingerprint density at radius 3 is 2.81 bits per heavy atom. The molecule has 0 bridgehead atoms. The van der Waals surface area contributed by atoms with Crippen LogP contribution in [0.1, 0.15) is 44.6 Å². The zero-order chi connectivity index (χ0) is 18.4. The van der Waals surface area contributed by atoms with E-state index in [1.165, 1.54) is 25.3 Å². The monoisotopic (exact) mass is 358 g/mol. The first-order valence-electron chi connectivity index (χ1n) is 9.20. The lowest BCUT2D eigenvalue weighted by Crippen LogP contribution is -2.40. The van der Waals surface area contributed by atoms with Gasteiger partial charge in [-0.3, -0.25) is 9.59 Å². The molecule has 3 rings (SSSR count). The normalized spacial score (nSPS) is 15.3. The number of hydrogen-bond acceptors (Lipinski definition) is 4. The number of carbonyl (C=O) groups excluding carboxylic acids is 2. The summed E-state index contributed by atoms with van der Waals surface area (Å²) in [6, 6.07) is 5.59. The second kappa shape index (κ2) is 8.74. The first kappa shape index (κ1) is 18.3. The van der Waals surface area contributed by atoms with Crippen molar-refractivity contribution in [3.63, 3.8) is 0 Å². The van der Waals surface area contributed by atoms with Gasteiger partial charge in [-0.25, -0.2) is 0 Å². The van der Waals surface area contributed by atoms with Crippen molar-refractivity contribution in [3.8, 4) is 11.5 Å². The van der Waals surface area contributed by atoms with E-state index in [1.807, 2.05) is 18.2 Å². The van der Waals surface area contributed by atoms with Crippen molar-refractivity contribution in [1.29, 1.82) is 0 Å². The Kier molecular flexibility index (Phi) is 6.15. The molecule has 0 saturated carbocycles. The first-order chi connectivity index (χ1) is 12.6. The van der Waals surface area contributed by atoms with Crippen LogP contribution >= 0.6 is 0 Å². The first-order valence-corrected chi connectivity index (χ1v) is 9.20. The van der Waals surface area contributed by atoms with E-state index in [1.54, 1.807) is 4.90 Å². The molecule has 1 aromatic carbocycles. The summed E-state index contributed by atoms with van der Waals surface area (Å²) in [5.74, 6) is 1.19. The summed E-state index contributed by atoms with van der Waals surface area (Å²) in [6.07, 6.45) is 7.86. The Balaban J connectivity index is 1.46. The molecule has 0 radical (unpaired) electrons. The number of rotatable bonds is 7. The highest BCUT2D eigenvalue weighted by Crippen LogP contribution is 2.32. The van der Waals surface area contributed by atoms with Gasteiger partial charge in [0.2, 0.25) is 18.6 Å². The SMILES string of the molecule is CC(=O)N(CCC1=CCCCC1)CC(=O)NCc1ccc2c(c1)OCO2. The Morgan fingerprint density at radius 2 is 2.04 bits per heavy atom. The number of nitrogens with zero attached hydrogens (tertiary/aromatic N) is 1. The molecule has 2 amide bonds. The molecule has 1 heterocycles. The van der Waals surface area contributed by atoms with Crippen molar-refractivity contribution in [2.45, 2.75) is 45.6 Å². The van der Waals surface area contributed by atoms with Gasteiger partial charge in [0.05, 0.1) is 6.54 Å². The van der Waals surface area contributed by atoms with Gasteiger partial charge >= 0.3 is 0 Å². The van der Waals surface area contributed by atoms with Gasteiger partial charge in [0, 0.05) is 20.0 Å². The van der Waals surface area contributed by atoms with Gasteiger partial charge in [-0.2, -0.15) is 0 Å². The van der Waals surface area contributed by atoms with Crippen LogP contribution < -0.4 is 14.8 Å². The predicted octanol–water partition coefficient (Wildman–Crippen LogP) is 2.77. The number of fused-ring (bicyclic) bond motifs is 1. The Labute approximate surface area is 154 Å². The third-order valence-corrected chi connectivity index (χ3v) is 4.79. The maximum Gasteiger partial charge on any atom is 0.239 e. The fraction of sp³-hybridized carbons (Fsp3) is 0.500. The molecular weight excluding hydrogens is 332 g/mol. The number of nitrogens with one attached hydrogen (secondary N) is 1. The fourth-order valence-electron chi connectivity index (χ4n) is 3.24. The second-order valence-electron chi connectivity index (χ2n) is 6.76. The summed E-state index contributed by atoms with van der Waals surface area (Å²) in [4.78, 5) is 25.7. The topological polar surface area (TPSA) is 67.9 Å². The molecule has 1 aliphatic heterocycles. The number of benzene rings is 1. The number of ether oxygens (including phenoxy) is 2. The lowest BCUT2D eigenvalue weighted by Gasteiger charge is -2.22. The Morgan fingerprint density at radius 1 is 1.19 bits per heavy atom. The molecule has 6 heteroatoms. The van der Waals surface area contributed by atoms with Gasteiger partial charge in [-0.1, -0.05) is 17.7 Å². The van der Waals surface area contributed by atoms with E-state index >= 15 is 0 Å². The average Bonchev–Trinajstić information content (AvgIpc) is 3.12. The molecule has 2 aliphatic rings. The number of hydrogen-bond donors (Lipinski definition) is 1. The van der Waals surface area contributed by atoms with Crippen LogP contribution in [0.15, 0.2) is 29.8 Å². The van der Waals surface area contributed by atoms with Gasteiger partial charge in [0.1, 0.15) is 0 Å². The Hall–Kier alpha value is -2.50. The van der Waals surface area contributed by atoms with Gasteiger partial charge in [0.25, 0.3) is 0 Å². The summed E-state index contributed by atoms with van der Waals surface area (Å²) in [6.45, 7) is 2.83. The van der Waals surface area contributed by atoms with Gasteiger partial charge in [-0.05, 0) is 49.8 Å². The zero-order valence-electron chi connectivity index (χ0n) is 15.3. The second-order valence-corrected chi connectivity index (χ2v) is 6.76. The molecule has 0 saturated heterocycles. The van der Waals surface area contributed by atoms with Crippen molar-refractivity contribution in [3.05, 3.63) is 35.4 Å². The zero-order valence-corrected chi connectivity index (χ0v) is 15.3. The molecule has 0 spiro atoms. The van der Waals surface area contributed by atoms with Crippen LogP contribution in [-0.2, 0) is 16.1 Å². The largest absolute Gasteiger partial charge is 0.454 e. The summed E-state index contributed by atoms with van der Waals surface area (Å²) in [5, 5.41) is 2.87. The van der Waals surface area contributed by atoms with E-state index in [0.717, 1.165) is 30.6 Å². The van der Waals surface area contributed by atoms with Crippen LogP contribution in [0.5, 0.6) is 11.5 Å². The average molecular weight is 358 g/mol. The van der Waals surface area contributed by atoms with Crippen LogP contribution in [-0.4, -0.2) is 36.6 Å². The third-order valence-electron chi connectivity index (χ3n) is 4.79. The maximum absolute atomic E-state index is 12.2. The quantitative estimate of drug-likeness (QED) is 0.761. The van der Waals surface area contributed by atoms with E-state index in [9.17, 15) is 9.59 Å². The van der Waals surface area contributed by atoms with Crippen LogP contribution in [0.25, 0.3) is 0 Å². The smallest absolute Gasteiger partial charge is 0.239 e. The van der Waals surface area contributed by atoms with Crippen LogP contribution in [0.3, 0.4) is 0 Å². The van der Waals surface area contributed by atoms with Crippen molar-refractivity contribution < 1.29 is 19.1 Å². The number of carbonyl (C=O) groups is 2. The standard InChI is InChI=1S/C20H26N2O4/c1-15(23)22(10-9-16-5-3-2-4-6-16)13-20(24)21-12-17-7-8-18-19(11-17)26-14-25-18/h5,7-8,11H,2-4,6,9-10,12-14H2,1H3,(H,21,24). The van der Waals surface area contributed by atoms with Gasteiger partial charge < -0.3 is 19.7 Å². The molecule has 1 aromatic rings. The Bertz CT molecular complexity index is 699. The minimum Gasteiger partial charge on any atom is -0.454 e. The molecule has 0 unspecified atom stereocenters. The molecular formula is C20H26N2O4. The van der Waals surface area contributed by atoms with E-state index in [0.29, 0.717) is 18.8 Å². The van der Waals surface area contributed by atoms with E-state index in [2.05, 4.69) is 11.4 Å². The number of amides is 2. The minimum absolute atomic E-state index is 0.0698. The van der Waals surface area contributed by atoms with Crippen molar-refractivity contribution in [1.82, 2.24) is 10.2 Å². The molecule has 6 nitrogen and oxygen atoms in total. The predicted molar refractivity (Wildman–Crippen MR) is 97.8 cm³/mol. The molecule has 1 aliphatic carbocycles. The van der Waals surface area contributed by atoms with E-state index in [-0.39, 0.29) is 25.2 Å². The summed E-state index contributed by atoms with van der Waals surface area (Å²) < 4.78 is 10.6. The molecule has 1 N–H and O–H groups in total. The third kappa shape index (κ3) is 5.00. The molecule has 0 aromatic heterocycles. The van der Waals surface area contributed by atoms with Gasteiger partial charge in [0.15, 0.2) is 11.5 Å². The summed E-state index contributed by atoms with van der Waals surface area (Å²) >= 11 is 0. The summed E-state index contributed by atoms with van der Waals surface area (Å²) in [7, 11) is 0. The van der Waals surface area contributed by atoms with E-state index in [4.69, 9.17) is 9.47 Å². The van der Waals surface area contributed by atoms with Crippen LogP contribution in [0.4, 0.5) is 0 Å². The van der Waals surface area contributed by atoms with Crippen molar-refractivity contribution in [2.24, 2.45) is 0 Å². The lowest BCUT2D eigenvalue weighted by molar-refractivity contribution is -0.134. The molecule has 26 heavy (non-hydrogen) atoms. The number of allylic oxidation sites excluding steroid dienone is 1. The van der Waals surface area contributed by atoms with Gasteiger partial charge in [-0.15, -0.1) is 0 Å².